The number of likely N-dealkylation sites (N-methyl/N-ethyl adjacent to an activating group) is 1. The van der Waals surface area contributed by atoms with Crippen molar-refractivity contribution in [2.75, 3.05) is 20.3 Å². The summed E-state index contributed by atoms with van der Waals surface area (Å²) in [5.74, 6) is 0.884. The molecule has 0 spiro atoms. The van der Waals surface area contributed by atoms with Gasteiger partial charge in [-0.1, -0.05) is 13.3 Å². The Bertz CT molecular complexity index is 95.7. The van der Waals surface area contributed by atoms with E-state index in [-0.39, 0.29) is 0 Å². The molecule has 2 heteroatoms. The average molecular weight is 157 g/mol. The Hall–Kier alpha value is -0.0800. The molecular formula is C9H19NO. The van der Waals surface area contributed by atoms with Gasteiger partial charge in [0.25, 0.3) is 0 Å². The molecule has 1 fully saturated rings. The van der Waals surface area contributed by atoms with Crippen molar-refractivity contribution in [3.05, 3.63) is 0 Å². The van der Waals surface area contributed by atoms with Crippen LogP contribution in [0.1, 0.15) is 26.2 Å². The van der Waals surface area contributed by atoms with Gasteiger partial charge in [0, 0.05) is 13.2 Å². The van der Waals surface area contributed by atoms with Gasteiger partial charge in [0.05, 0.1) is 6.61 Å². The van der Waals surface area contributed by atoms with Crippen molar-refractivity contribution in [2.45, 2.75) is 32.2 Å². The first-order chi connectivity index (χ1) is 5.38. The van der Waals surface area contributed by atoms with Gasteiger partial charge in [-0.05, 0) is 25.3 Å². The third kappa shape index (κ3) is 2.46. The molecule has 0 amide bonds. The first-order valence-electron chi connectivity index (χ1n) is 4.60. The maximum absolute atomic E-state index is 5.15. The van der Waals surface area contributed by atoms with Crippen molar-refractivity contribution in [3.8, 4) is 0 Å². The summed E-state index contributed by atoms with van der Waals surface area (Å²) in [4.78, 5) is 0. The van der Waals surface area contributed by atoms with E-state index in [1.807, 2.05) is 0 Å². The lowest BCUT2D eigenvalue weighted by Gasteiger charge is -2.33. The molecule has 0 aromatic heterocycles. The third-order valence-corrected chi connectivity index (χ3v) is 2.53. The summed E-state index contributed by atoms with van der Waals surface area (Å²) in [5, 5.41) is 3.46. The summed E-state index contributed by atoms with van der Waals surface area (Å²) in [7, 11) is 1.78. The molecule has 2 nitrogen and oxygen atoms in total. The van der Waals surface area contributed by atoms with Gasteiger partial charge in [0.2, 0.25) is 0 Å². The maximum Gasteiger partial charge on any atom is 0.0618 e. The van der Waals surface area contributed by atoms with Crippen LogP contribution in [0.2, 0.25) is 0 Å². The summed E-state index contributed by atoms with van der Waals surface area (Å²) in [5.41, 5.74) is 0. The topological polar surface area (TPSA) is 21.3 Å². The zero-order valence-corrected chi connectivity index (χ0v) is 7.60. The smallest absolute Gasteiger partial charge is 0.0618 e. The molecule has 0 radical (unpaired) electrons. The van der Waals surface area contributed by atoms with E-state index < -0.39 is 0 Å². The second-order valence-corrected chi connectivity index (χ2v) is 3.31. The lowest BCUT2D eigenvalue weighted by Crippen LogP contribution is -2.42. The largest absolute Gasteiger partial charge is 0.383 e. The highest BCUT2D eigenvalue weighted by atomic mass is 16.5. The van der Waals surface area contributed by atoms with E-state index >= 15 is 0 Å². The van der Waals surface area contributed by atoms with Crippen LogP contribution in [0.4, 0.5) is 0 Å². The molecule has 1 aliphatic rings. The van der Waals surface area contributed by atoms with Crippen molar-refractivity contribution < 1.29 is 4.74 Å². The van der Waals surface area contributed by atoms with E-state index in [1.165, 1.54) is 19.3 Å². The van der Waals surface area contributed by atoms with Crippen molar-refractivity contribution in [2.24, 2.45) is 5.92 Å². The van der Waals surface area contributed by atoms with Crippen LogP contribution >= 0.6 is 0 Å². The highest BCUT2D eigenvalue weighted by Crippen LogP contribution is 2.29. The van der Waals surface area contributed by atoms with Gasteiger partial charge in [-0.25, -0.2) is 0 Å². The number of methoxy groups -OCH3 is 1. The van der Waals surface area contributed by atoms with Gasteiger partial charge in [0.1, 0.15) is 0 Å². The SMILES string of the molecule is CCNC(COC)C1CCC1. The van der Waals surface area contributed by atoms with Gasteiger partial charge < -0.3 is 10.1 Å². The zero-order chi connectivity index (χ0) is 8.10. The van der Waals surface area contributed by atoms with E-state index in [4.69, 9.17) is 4.74 Å². The summed E-state index contributed by atoms with van der Waals surface area (Å²) < 4.78 is 5.15. The number of nitrogens with one attached hydrogen (secondary N) is 1. The van der Waals surface area contributed by atoms with E-state index in [1.54, 1.807) is 7.11 Å². The molecule has 0 aromatic carbocycles. The van der Waals surface area contributed by atoms with Gasteiger partial charge in [-0.15, -0.1) is 0 Å². The van der Waals surface area contributed by atoms with Crippen molar-refractivity contribution in [3.63, 3.8) is 0 Å². The molecule has 0 saturated heterocycles. The number of rotatable bonds is 5. The highest BCUT2D eigenvalue weighted by Gasteiger charge is 2.25. The van der Waals surface area contributed by atoms with E-state index in [0.717, 1.165) is 19.1 Å². The summed E-state index contributed by atoms with van der Waals surface area (Å²) in [6.45, 7) is 4.09. The Morgan fingerprint density at radius 3 is 2.64 bits per heavy atom. The molecule has 0 heterocycles. The van der Waals surface area contributed by atoms with Crippen LogP contribution < -0.4 is 5.32 Å². The van der Waals surface area contributed by atoms with Crippen molar-refractivity contribution >= 4 is 0 Å². The molecule has 0 aromatic rings. The second kappa shape index (κ2) is 4.73. The molecule has 1 rings (SSSR count). The number of hydrogen-bond donors (Lipinski definition) is 1. The first kappa shape index (κ1) is 9.01. The van der Waals surface area contributed by atoms with Crippen LogP contribution in [0, 0.1) is 5.92 Å². The van der Waals surface area contributed by atoms with E-state index in [0.29, 0.717) is 6.04 Å². The Kier molecular flexibility index (Phi) is 3.87. The monoisotopic (exact) mass is 157 g/mol. The minimum atomic E-state index is 0.610. The normalized spacial score (nSPS) is 21.3. The standard InChI is InChI=1S/C9H19NO/c1-3-10-9(7-11-2)8-5-4-6-8/h8-10H,3-7H2,1-2H3. The third-order valence-electron chi connectivity index (χ3n) is 2.53. The fraction of sp³-hybridized carbons (Fsp3) is 1.00. The highest BCUT2D eigenvalue weighted by molar-refractivity contribution is 4.81. The molecule has 0 aliphatic heterocycles. The van der Waals surface area contributed by atoms with Gasteiger partial charge in [0.15, 0.2) is 0 Å². The van der Waals surface area contributed by atoms with Crippen LogP contribution in [0.3, 0.4) is 0 Å². The fourth-order valence-electron chi connectivity index (χ4n) is 1.65. The molecule has 1 atom stereocenters. The minimum absolute atomic E-state index is 0.610. The molecular weight excluding hydrogens is 138 g/mol. The molecule has 1 saturated carbocycles. The predicted molar refractivity (Wildman–Crippen MR) is 46.7 cm³/mol. The summed E-state index contributed by atoms with van der Waals surface area (Å²) in [6, 6.07) is 0.610. The maximum atomic E-state index is 5.15. The van der Waals surface area contributed by atoms with Crippen LogP contribution in [0.25, 0.3) is 0 Å². The van der Waals surface area contributed by atoms with Crippen molar-refractivity contribution in [1.29, 1.82) is 0 Å². The summed E-state index contributed by atoms with van der Waals surface area (Å²) in [6.07, 6.45) is 4.19. The lowest BCUT2D eigenvalue weighted by atomic mass is 9.80. The summed E-state index contributed by atoms with van der Waals surface area (Å²) >= 11 is 0. The van der Waals surface area contributed by atoms with Gasteiger partial charge in [-0.2, -0.15) is 0 Å². The predicted octanol–water partition coefficient (Wildman–Crippen LogP) is 1.41. The molecule has 1 unspecified atom stereocenters. The molecule has 0 bridgehead atoms. The van der Waals surface area contributed by atoms with E-state index in [9.17, 15) is 0 Å². The van der Waals surface area contributed by atoms with Gasteiger partial charge >= 0.3 is 0 Å². The lowest BCUT2D eigenvalue weighted by molar-refractivity contribution is 0.111. The van der Waals surface area contributed by atoms with Crippen LogP contribution in [-0.2, 0) is 4.74 Å². The Morgan fingerprint density at radius 1 is 1.55 bits per heavy atom. The molecule has 1 N–H and O–H groups in total. The van der Waals surface area contributed by atoms with E-state index in [2.05, 4.69) is 12.2 Å². The first-order valence-corrected chi connectivity index (χ1v) is 4.60. The average Bonchev–Trinajstić information content (AvgIpc) is 1.85. The minimum Gasteiger partial charge on any atom is -0.383 e. The van der Waals surface area contributed by atoms with Crippen molar-refractivity contribution in [1.82, 2.24) is 5.32 Å². The number of hydrogen-bond acceptors (Lipinski definition) is 2. The van der Waals surface area contributed by atoms with Crippen LogP contribution in [0.15, 0.2) is 0 Å². The Morgan fingerprint density at radius 2 is 2.27 bits per heavy atom. The quantitative estimate of drug-likeness (QED) is 0.651. The van der Waals surface area contributed by atoms with Crippen LogP contribution in [-0.4, -0.2) is 26.3 Å². The molecule has 1 aliphatic carbocycles. The van der Waals surface area contributed by atoms with Crippen LogP contribution in [0.5, 0.6) is 0 Å². The zero-order valence-electron chi connectivity index (χ0n) is 7.60. The second-order valence-electron chi connectivity index (χ2n) is 3.31. The fourth-order valence-corrected chi connectivity index (χ4v) is 1.65. The number of ether oxygens (including phenoxy) is 1. The van der Waals surface area contributed by atoms with Gasteiger partial charge in [-0.3, -0.25) is 0 Å². The Balaban J connectivity index is 2.19. The Labute approximate surface area is 69.3 Å². The molecule has 11 heavy (non-hydrogen) atoms. The molecule has 66 valence electrons.